The van der Waals surface area contributed by atoms with Crippen LogP contribution in [0.2, 0.25) is 0 Å². The molecular weight excluding hydrogens is 292 g/mol. The second-order valence-corrected chi connectivity index (χ2v) is 5.18. The quantitative estimate of drug-likeness (QED) is 0.642. The third-order valence-corrected chi connectivity index (χ3v) is 3.77. The molecule has 0 saturated heterocycles. The van der Waals surface area contributed by atoms with Crippen LogP contribution in [0, 0.1) is 23.5 Å². The number of rotatable bonds is 5. The van der Waals surface area contributed by atoms with Crippen LogP contribution in [0.3, 0.4) is 0 Å². The van der Waals surface area contributed by atoms with E-state index in [1.807, 2.05) is 12.3 Å². The van der Waals surface area contributed by atoms with Crippen LogP contribution in [0.1, 0.15) is 30.7 Å². The molecule has 108 valence electrons. The molecule has 0 aliphatic rings. The molecule has 0 bridgehead atoms. The molecule has 2 aromatic rings. The molecule has 1 N–H and O–H groups in total. The Morgan fingerprint density at radius 3 is 2.35 bits per heavy atom. The smallest absolute Gasteiger partial charge is 0.253 e. The average Bonchev–Trinajstić information content (AvgIpc) is 2.94. The predicted octanol–water partition coefficient (Wildman–Crippen LogP) is 4.65. The van der Waals surface area contributed by atoms with Crippen LogP contribution >= 0.6 is 11.3 Å². The van der Waals surface area contributed by atoms with Crippen molar-refractivity contribution in [2.45, 2.75) is 25.8 Å². The highest BCUT2D eigenvalue weighted by Gasteiger charge is 2.23. The summed E-state index contributed by atoms with van der Waals surface area (Å²) in [6.45, 7) is 1.91. The molecule has 0 radical (unpaired) electrons. The lowest BCUT2D eigenvalue weighted by Crippen LogP contribution is -2.14. The molecule has 20 heavy (non-hydrogen) atoms. The average molecular weight is 304 g/mol. The molecule has 7 heteroatoms. The maximum atomic E-state index is 13.6. The highest BCUT2D eigenvalue weighted by Crippen LogP contribution is 2.31. The van der Waals surface area contributed by atoms with Gasteiger partial charge in [0.2, 0.25) is 11.6 Å². The molecule has 2 heterocycles. The van der Waals surface area contributed by atoms with Crippen LogP contribution in [0.4, 0.5) is 23.2 Å². The fourth-order valence-corrected chi connectivity index (χ4v) is 2.66. The van der Waals surface area contributed by atoms with Crippen molar-refractivity contribution in [1.82, 2.24) is 4.98 Å². The van der Waals surface area contributed by atoms with E-state index < -0.39 is 35.3 Å². The van der Waals surface area contributed by atoms with Gasteiger partial charge in [0.15, 0.2) is 0 Å². The second kappa shape index (κ2) is 6.21. The molecule has 0 saturated carbocycles. The molecular formula is C13H12F4N2S. The first-order valence-electron chi connectivity index (χ1n) is 6.04. The van der Waals surface area contributed by atoms with Crippen molar-refractivity contribution in [3.8, 4) is 0 Å². The Kier molecular flexibility index (Phi) is 4.59. The summed E-state index contributed by atoms with van der Waals surface area (Å²) in [5.41, 5.74) is -0.818. The number of hydrogen-bond donors (Lipinski definition) is 1. The molecule has 2 nitrogen and oxygen atoms in total. The van der Waals surface area contributed by atoms with Crippen LogP contribution in [-0.4, -0.2) is 4.98 Å². The van der Waals surface area contributed by atoms with Crippen molar-refractivity contribution in [3.05, 3.63) is 45.9 Å². The standard InChI is InChI=1S/C13H12F4N2S/c1-2-4-7(8-5-3-6-20-8)18-11-9(14)12(16)19-13(17)10(11)15/h3,5-7H,2,4H2,1H3,(H,18,19). The van der Waals surface area contributed by atoms with Gasteiger partial charge in [-0.25, -0.2) is 0 Å². The van der Waals surface area contributed by atoms with E-state index in [2.05, 4.69) is 10.3 Å². The van der Waals surface area contributed by atoms with Gasteiger partial charge in [0, 0.05) is 4.88 Å². The lowest BCUT2D eigenvalue weighted by Gasteiger charge is -2.19. The summed E-state index contributed by atoms with van der Waals surface area (Å²) in [5.74, 6) is -6.34. The van der Waals surface area contributed by atoms with E-state index in [-0.39, 0.29) is 0 Å². The van der Waals surface area contributed by atoms with Crippen molar-refractivity contribution < 1.29 is 17.6 Å². The van der Waals surface area contributed by atoms with E-state index in [0.29, 0.717) is 6.42 Å². The third kappa shape index (κ3) is 2.92. The second-order valence-electron chi connectivity index (χ2n) is 4.20. The van der Waals surface area contributed by atoms with Crippen molar-refractivity contribution in [2.75, 3.05) is 5.32 Å². The summed E-state index contributed by atoms with van der Waals surface area (Å²) < 4.78 is 53.3. The Morgan fingerprint density at radius 1 is 1.20 bits per heavy atom. The van der Waals surface area contributed by atoms with E-state index in [9.17, 15) is 17.6 Å². The lowest BCUT2D eigenvalue weighted by molar-refractivity contribution is 0.409. The fraction of sp³-hybridized carbons (Fsp3) is 0.308. The van der Waals surface area contributed by atoms with Crippen LogP contribution < -0.4 is 5.32 Å². The van der Waals surface area contributed by atoms with E-state index in [1.165, 1.54) is 11.3 Å². The molecule has 0 aromatic carbocycles. The normalized spacial score (nSPS) is 12.4. The first-order valence-corrected chi connectivity index (χ1v) is 6.92. The molecule has 0 aliphatic heterocycles. The van der Waals surface area contributed by atoms with Gasteiger partial charge in [-0.2, -0.15) is 22.5 Å². The molecule has 0 amide bonds. The largest absolute Gasteiger partial charge is 0.372 e. The summed E-state index contributed by atoms with van der Waals surface area (Å²) >= 11 is 1.40. The minimum absolute atomic E-state index is 0.412. The number of nitrogens with zero attached hydrogens (tertiary/aromatic N) is 1. The number of halogens is 4. The van der Waals surface area contributed by atoms with Crippen molar-refractivity contribution in [2.24, 2.45) is 0 Å². The van der Waals surface area contributed by atoms with Gasteiger partial charge in [0.1, 0.15) is 5.69 Å². The van der Waals surface area contributed by atoms with Crippen LogP contribution in [0.5, 0.6) is 0 Å². The Morgan fingerprint density at radius 2 is 1.85 bits per heavy atom. The Labute approximate surface area is 117 Å². The summed E-state index contributed by atoms with van der Waals surface area (Å²) in [5, 5.41) is 4.36. The van der Waals surface area contributed by atoms with E-state index in [0.717, 1.165) is 11.3 Å². The molecule has 2 rings (SSSR count). The monoisotopic (exact) mass is 304 g/mol. The van der Waals surface area contributed by atoms with Gasteiger partial charge in [0.25, 0.3) is 11.9 Å². The van der Waals surface area contributed by atoms with Gasteiger partial charge >= 0.3 is 0 Å². The summed E-state index contributed by atoms with van der Waals surface area (Å²) in [6, 6.07) is 3.18. The van der Waals surface area contributed by atoms with Crippen molar-refractivity contribution >= 4 is 17.0 Å². The van der Waals surface area contributed by atoms with Gasteiger partial charge in [-0.1, -0.05) is 19.4 Å². The SMILES string of the molecule is CCCC(Nc1c(F)c(F)nc(F)c1F)c1cccs1. The maximum absolute atomic E-state index is 13.6. The number of nitrogens with one attached hydrogen (secondary N) is 1. The number of hydrogen-bond acceptors (Lipinski definition) is 3. The van der Waals surface area contributed by atoms with Gasteiger partial charge in [-0.3, -0.25) is 0 Å². The van der Waals surface area contributed by atoms with Crippen LogP contribution in [-0.2, 0) is 0 Å². The highest BCUT2D eigenvalue weighted by atomic mass is 32.1. The number of aromatic nitrogens is 1. The molecule has 2 aromatic heterocycles. The van der Waals surface area contributed by atoms with E-state index >= 15 is 0 Å². The van der Waals surface area contributed by atoms with Gasteiger partial charge in [0.05, 0.1) is 6.04 Å². The molecule has 0 fully saturated rings. The maximum Gasteiger partial charge on any atom is 0.253 e. The predicted molar refractivity (Wildman–Crippen MR) is 69.7 cm³/mol. The molecule has 1 unspecified atom stereocenters. The summed E-state index contributed by atoms with van der Waals surface area (Å²) in [7, 11) is 0. The first-order chi connectivity index (χ1) is 9.54. The Balaban J connectivity index is 2.36. The van der Waals surface area contributed by atoms with Crippen molar-refractivity contribution in [3.63, 3.8) is 0 Å². The number of pyridine rings is 1. The van der Waals surface area contributed by atoms with Gasteiger partial charge in [-0.15, -0.1) is 11.3 Å². The summed E-state index contributed by atoms with van der Waals surface area (Å²) in [6.07, 6.45) is 1.32. The Hall–Kier alpha value is -1.63. The van der Waals surface area contributed by atoms with Gasteiger partial charge < -0.3 is 5.32 Å². The van der Waals surface area contributed by atoms with Crippen LogP contribution in [0.25, 0.3) is 0 Å². The van der Waals surface area contributed by atoms with Crippen molar-refractivity contribution in [1.29, 1.82) is 0 Å². The Bertz CT molecular complexity index is 560. The van der Waals surface area contributed by atoms with Gasteiger partial charge in [-0.05, 0) is 17.9 Å². The van der Waals surface area contributed by atoms with E-state index in [1.54, 1.807) is 12.1 Å². The van der Waals surface area contributed by atoms with Crippen LogP contribution in [0.15, 0.2) is 17.5 Å². The number of anilines is 1. The number of thiophene rings is 1. The summed E-state index contributed by atoms with van der Waals surface area (Å²) in [4.78, 5) is 3.37. The fourth-order valence-electron chi connectivity index (χ4n) is 1.85. The zero-order chi connectivity index (χ0) is 14.7. The molecule has 1 atom stereocenters. The minimum Gasteiger partial charge on any atom is -0.372 e. The highest BCUT2D eigenvalue weighted by molar-refractivity contribution is 7.10. The minimum atomic E-state index is -1.66. The lowest BCUT2D eigenvalue weighted by atomic mass is 10.1. The van der Waals surface area contributed by atoms with E-state index in [4.69, 9.17) is 0 Å². The molecule has 0 spiro atoms. The zero-order valence-electron chi connectivity index (χ0n) is 10.6. The molecule has 0 aliphatic carbocycles. The third-order valence-electron chi connectivity index (χ3n) is 2.78. The zero-order valence-corrected chi connectivity index (χ0v) is 11.4. The first kappa shape index (κ1) is 14.8. The topological polar surface area (TPSA) is 24.9 Å².